The van der Waals surface area contributed by atoms with Crippen molar-refractivity contribution in [3.05, 3.63) is 101 Å². The summed E-state index contributed by atoms with van der Waals surface area (Å²) >= 11 is 0. The lowest BCUT2D eigenvalue weighted by Crippen LogP contribution is -2.40. The van der Waals surface area contributed by atoms with Crippen LogP contribution >= 0.6 is 0 Å². The van der Waals surface area contributed by atoms with Gasteiger partial charge in [-0.05, 0) is 53.4 Å². The maximum atomic E-state index is 13.6. The van der Waals surface area contributed by atoms with Crippen LogP contribution in [0.4, 0.5) is 14.5 Å². The van der Waals surface area contributed by atoms with Gasteiger partial charge in [-0.1, -0.05) is 36.4 Å². The van der Waals surface area contributed by atoms with E-state index in [9.17, 15) is 13.6 Å². The highest BCUT2D eigenvalue weighted by atomic mass is 19.2. The van der Waals surface area contributed by atoms with Gasteiger partial charge in [0.1, 0.15) is 0 Å². The number of anilines is 1. The molecule has 3 aromatic carbocycles. The molecule has 1 aliphatic heterocycles. The van der Waals surface area contributed by atoms with Gasteiger partial charge in [-0.2, -0.15) is 0 Å². The van der Waals surface area contributed by atoms with Gasteiger partial charge in [0.2, 0.25) is 0 Å². The number of carbonyl (C=O) groups excluding carboxylic acids is 1. The van der Waals surface area contributed by atoms with Gasteiger partial charge in [0.25, 0.3) is 5.91 Å². The van der Waals surface area contributed by atoms with Crippen LogP contribution < -0.4 is 10.2 Å². The molecule has 0 saturated heterocycles. The fraction of sp³-hybridized carbons (Fsp3) is 0.269. The monoisotopic (exact) mass is 435 g/mol. The number of amides is 1. The zero-order valence-electron chi connectivity index (χ0n) is 18.3. The van der Waals surface area contributed by atoms with Gasteiger partial charge < -0.3 is 10.2 Å². The highest BCUT2D eigenvalue weighted by Crippen LogP contribution is 2.29. The van der Waals surface area contributed by atoms with E-state index in [1.54, 1.807) is 0 Å². The first kappa shape index (κ1) is 22.0. The number of nitrogens with one attached hydrogen (secondary N) is 1. The van der Waals surface area contributed by atoms with Crippen molar-refractivity contribution in [1.82, 2.24) is 10.2 Å². The third kappa shape index (κ3) is 4.81. The van der Waals surface area contributed by atoms with E-state index in [2.05, 4.69) is 52.7 Å². The number of halogens is 2. The average molecular weight is 436 g/mol. The number of nitrogens with zero attached hydrogens (tertiary/aromatic N) is 2. The van der Waals surface area contributed by atoms with Gasteiger partial charge in [0.05, 0.1) is 6.04 Å². The summed E-state index contributed by atoms with van der Waals surface area (Å²) in [6, 6.07) is 19.9. The number of hydrogen-bond acceptors (Lipinski definition) is 3. The van der Waals surface area contributed by atoms with E-state index in [-0.39, 0.29) is 11.6 Å². The Hall–Kier alpha value is -3.25. The molecule has 0 aromatic heterocycles. The molecule has 0 aliphatic carbocycles. The van der Waals surface area contributed by atoms with Crippen molar-refractivity contribution in [3.8, 4) is 0 Å². The van der Waals surface area contributed by atoms with Crippen molar-refractivity contribution in [1.29, 1.82) is 0 Å². The molecule has 32 heavy (non-hydrogen) atoms. The van der Waals surface area contributed by atoms with E-state index in [1.807, 2.05) is 25.1 Å². The number of rotatable bonds is 6. The minimum absolute atomic E-state index is 0.0474. The molecule has 0 spiro atoms. The Balaban J connectivity index is 1.56. The molecule has 4 nitrogen and oxygen atoms in total. The summed E-state index contributed by atoms with van der Waals surface area (Å²) in [4.78, 5) is 17.0. The maximum Gasteiger partial charge on any atom is 0.251 e. The largest absolute Gasteiger partial charge is 0.378 e. The van der Waals surface area contributed by atoms with E-state index in [0.717, 1.165) is 42.9 Å². The van der Waals surface area contributed by atoms with Gasteiger partial charge in [-0.25, -0.2) is 8.78 Å². The summed E-state index contributed by atoms with van der Waals surface area (Å²) in [5, 5.41) is 2.92. The molecule has 0 saturated carbocycles. The van der Waals surface area contributed by atoms with Crippen molar-refractivity contribution in [2.24, 2.45) is 0 Å². The molecule has 166 valence electrons. The Labute approximate surface area is 187 Å². The Morgan fingerprint density at radius 2 is 1.72 bits per heavy atom. The lowest BCUT2D eigenvalue weighted by atomic mass is 9.96. The normalized spacial score (nSPS) is 14.5. The van der Waals surface area contributed by atoms with Crippen molar-refractivity contribution in [2.75, 3.05) is 32.1 Å². The molecule has 1 heterocycles. The van der Waals surface area contributed by atoms with Gasteiger partial charge in [0, 0.05) is 45.0 Å². The second-order valence-electron chi connectivity index (χ2n) is 8.33. The predicted octanol–water partition coefficient (Wildman–Crippen LogP) is 4.56. The number of carbonyl (C=O) groups is 1. The number of benzene rings is 3. The lowest BCUT2D eigenvalue weighted by Gasteiger charge is -2.36. The zero-order chi connectivity index (χ0) is 22.7. The first-order valence-electron chi connectivity index (χ1n) is 10.7. The Morgan fingerprint density at radius 3 is 2.41 bits per heavy atom. The standard InChI is InChI=1S/C26H27F2N3O/c1-30(2)22-10-7-19(8-11-22)25(31-14-13-18-5-3-4-6-21(18)17-31)16-29-26(32)20-9-12-23(27)24(28)15-20/h3-12,15,25H,13-14,16-17H2,1-2H3,(H,29,32)/t25-/m1/s1. The number of fused-ring (bicyclic) bond motifs is 1. The quantitative estimate of drug-likeness (QED) is 0.617. The van der Waals surface area contributed by atoms with E-state index in [4.69, 9.17) is 0 Å². The van der Waals surface area contributed by atoms with Gasteiger partial charge in [0.15, 0.2) is 11.6 Å². The van der Waals surface area contributed by atoms with E-state index in [0.29, 0.717) is 6.54 Å². The summed E-state index contributed by atoms with van der Waals surface area (Å²) in [6.45, 7) is 2.02. The Morgan fingerprint density at radius 1 is 1.00 bits per heavy atom. The van der Waals surface area contributed by atoms with Crippen molar-refractivity contribution in [3.63, 3.8) is 0 Å². The fourth-order valence-corrected chi connectivity index (χ4v) is 4.16. The van der Waals surface area contributed by atoms with Crippen LogP contribution in [0.2, 0.25) is 0 Å². The summed E-state index contributed by atoms with van der Waals surface area (Å²) < 4.78 is 26.8. The van der Waals surface area contributed by atoms with Crippen molar-refractivity contribution >= 4 is 11.6 Å². The van der Waals surface area contributed by atoms with E-state index < -0.39 is 17.5 Å². The van der Waals surface area contributed by atoms with Crippen LogP contribution in [-0.4, -0.2) is 38.0 Å². The van der Waals surface area contributed by atoms with Crippen LogP contribution in [0, 0.1) is 11.6 Å². The molecule has 0 bridgehead atoms. The zero-order valence-corrected chi connectivity index (χ0v) is 18.3. The lowest BCUT2D eigenvalue weighted by molar-refractivity contribution is 0.0927. The van der Waals surface area contributed by atoms with Crippen LogP contribution in [0.5, 0.6) is 0 Å². The third-order valence-corrected chi connectivity index (χ3v) is 6.03. The molecule has 6 heteroatoms. The van der Waals surface area contributed by atoms with Crippen LogP contribution in [0.25, 0.3) is 0 Å². The minimum atomic E-state index is -1.03. The van der Waals surface area contributed by atoms with Crippen LogP contribution in [0.3, 0.4) is 0 Å². The Bertz CT molecular complexity index is 1100. The van der Waals surface area contributed by atoms with Gasteiger partial charge in [-0.3, -0.25) is 9.69 Å². The molecule has 1 N–H and O–H groups in total. The molecule has 0 unspecified atom stereocenters. The van der Waals surface area contributed by atoms with Crippen molar-refractivity contribution in [2.45, 2.75) is 19.0 Å². The minimum Gasteiger partial charge on any atom is -0.378 e. The molecule has 1 atom stereocenters. The smallest absolute Gasteiger partial charge is 0.251 e. The maximum absolute atomic E-state index is 13.6. The highest BCUT2D eigenvalue weighted by molar-refractivity contribution is 5.94. The predicted molar refractivity (Wildman–Crippen MR) is 123 cm³/mol. The first-order valence-corrected chi connectivity index (χ1v) is 10.7. The van der Waals surface area contributed by atoms with Crippen LogP contribution in [0.1, 0.15) is 33.1 Å². The van der Waals surface area contributed by atoms with Crippen LogP contribution in [0.15, 0.2) is 66.7 Å². The molecule has 4 rings (SSSR count). The SMILES string of the molecule is CN(C)c1ccc([C@@H](CNC(=O)c2ccc(F)c(F)c2)N2CCc3ccccc3C2)cc1. The summed E-state index contributed by atoms with van der Waals surface area (Å²) in [7, 11) is 3.99. The third-order valence-electron chi connectivity index (χ3n) is 6.03. The first-order chi connectivity index (χ1) is 15.4. The average Bonchev–Trinajstić information content (AvgIpc) is 2.81. The van der Waals surface area contributed by atoms with E-state index in [1.165, 1.54) is 17.2 Å². The topological polar surface area (TPSA) is 35.6 Å². The highest BCUT2D eigenvalue weighted by Gasteiger charge is 2.25. The fourth-order valence-electron chi connectivity index (χ4n) is 4.16. The molecular weight excluding hydrogens is 408 g/mol. The van der Waals surface area contributed by atoms with Crippen LogP contribution in [-0.2, 0) is 13.0 Å². The molecule has 1 aliphatic rings. The number of hydrogen-bond donors (Lipinski definition) is 1. The second-order valence-corrected chi connectivity index (χ2v) is 8.33. The molecule has 3 aromatic rings. The molecule has 1 amide bonds. The van der Waals surface area contributed by atoms with Gasteiger partial charge >= 0.3 is 0 Å². The summed E-state index contributed by atoms with van der Waals surface area (Å²) in [5.74, 6) is -2.41. The van der Waals surface area contributed by atoms with Crippen molar-refractivity contribution < 1.29 is 13.6 Å². The van der Waals surface area contributed by atoms with Gasteiger partial charge in [-0.15, -0.1) is 0 Å². The van der Waals surface area contributed by atoms with E-state index >= 15 is 0 Å². The summed E-state index contributed by atoms with van der Waals surface area (Å²) in [6.07, 6.45) is 0.944. The molecule has 0 radical (unpaired) electrons. The second kappa shape index (κ2) is 9.49. The molecular formula is C26H27F2N3O. The summed E-state index contributed by atoms with van der Waals surface area (Å²) in [5.41, 5.74) is 4.95. The Kier molecular flexibility index (Phi) is 6.51. The molecule has 0 fully saturated rings.